The number of aryl methyl sites for hydroxylation is 2. The van der Waals surface area contributed by atoms with Crippen molar-refractivity contribution in [3.8, 4) is 11.3 Å². The maximum absolute atomic E-state index is 13.7. The topological polar surface area (TPSA) is 33.4 Å². The molecule has 0 aliphatic heterocycles. The molecule has 0 atom stereocenters. The van der Waals surface area contributed by atoms with E-state index in [1.165, 1.54) is 0 Å². The first-order chi connectivity index (χ1) is 13.4. The zero-order valence-electron chi connectivity index (χ0n) is 15.5. The average Bonchev–Trinajstić information content (AvgIpc) is 3.13. The van der Waals surface area contributed by atoms with Crippen LogP contribution in [0.3, 0.4) is 0 Å². The fourth-order valence-corrected chi connectivity index (χ4v) is 3.44. The second-order valence-corrected chi connectivity index (χ2v) is 6.65. The summed E-state index contributed by atoms with van der Waals surface area (Å²) in [6.45, 7) is 4.01. The molecule has 0 aliphatic carbocycles. The van der Waals surface area contributed by atoms with Crippen molar-refractivity contribution >= 4 is 17.2 Å². The molecule has 0 saturated carbocycles. The average molecular weight is 382 g/mol. The molecule has 4 aromatic rings. The Kier molecular flexibility index (Phi) is 4.30. The van der Waals surface area contributed by atoms with Crippen molar-refractivity contribution in [1.82, 2.24) is 14.6 Å². The number of rotatable bonds is 3. The Hall–Kier alpha value is -3.35. The number of hydrogen-bond donors (Lipinski definition) is 0. The minimum Gasteiger partial charge on any atom is -0.329 e. The van der Waals surface area contributed by atoms with Gasteiger partial charge in [-0.15, -0.1) is 0 Å². The lowest BCUT2D eigenvalue weighted by Gasteiger charge is -2.24. The Bertz CT molecular complexity index is 1160. The van der Waals surface area contributed by atoms with E-state index in [4.69, 9.17) is 0 Å². The Morgan fingerprint density at radius 2 is 1.57 bits per heavy atom. The molecule has 0 aliphatic rings. The summed E-state index contributed by atoms with van der Waals surface area (Å²) in [7, 11) is 1.89. The first kappa shape index (κ1) is 18.0. The molecule has 4 rings (SSSR count). The number of halogens is 3. The van der Waals surface area contributed by atoms with Crippen molar-refractivity contribution < 1.29 is 13.2 Å². The van der Waals surface area contributed by atoms with Gasteiger partial charge >= 0.3 is 0 Å². The summed E-state index contributed by atoms with van der Waals surface area (Å²) in [5, 5.41) is 4.31. The molecular weight excluding hydrogens is 365 g/mol. The summed E-state index contributed by atoms with van der Waals surface area (Å²) in [4.78, 5) is 6.37. The van der Waals surface area contributed by atoms with Crippen molar-refractivity contribution in [1.29, 1.82) is 0 Å². The van der Waals surface area contributed by atoms with Crippen molar-refractivity contribution in [2.75, 3.05) is 11.9 Å². The highest BCUT2D eigenvalue weighted by Crippen LogP contribution is 2.33. The zero-order valence-corrected chi connectivity index (χ0v) is 15.5. The minimum absolute atomic E-state index is 0.149. The molecule has 0 bridgehead atoms. The van der Waals surface area contributed by atoms with Crippen LogP contribution in [0.5, 0.6) is 0 Å². The van der Waals surface area contributed by atoms with Crippen molar-refractivity contribution in [3.05, 3.63) is 77.2 Å². The number of aromatic nitrogens is 3. The van der Waals surface area contributed by atoms with Crippen LogP contribution in [0.1, 0.15) is 11.1 Å². The number of nitrogens with zero attached hydrogens (tertiary/aromatic N) is 4. The van der Waals surface area contributed by atoms with Crippen LogP contribution >= 0.6 is 0 Å². The van der Waals surface area contributed by atoms with Crippen LogP contribution in [0, 0.1) is 31.3 Å². The van der Waals surface area contributed by atoms with Gasteiger partial charge in [0.2, 0.25) is 0 Å². The van der Waals surface area contributed by atoms with Crippen LogP contribution < -0.4 is 4.90 Å². The van der Waals surface area contributed by atoms with Gasteiger partial charge < -0.3 is 4.90 Å². The van der Waals surface area contributed by atoms with E-state index in [1.807, 2.05) is 44.0 Å². The lowest BCUT2D eigenvalue weighted by Crippen LogP contribution is -2.17. The second kappa shape index (κ2) is 6.67. The molecule has 0 radical (unpaired) electrons. The molecule has 0 fully saturated rings. The predicted octanol–water partition coefficient (Wildman–Crippen LogP) is 5.20. The van der Waals surface area contributed by atoms with Crippen LogP contribution in [0.2, 0.25) is 0 Å². The van der Waals surface area contributed by atoms with Gasteiger partial charge in [0.25, 0.3) is 0 Å². The molecule has 28 heavy (non-hydrogen) atoms. The van der Waals surface area contributed by atoms with Crippen LogP contribution in [-0.2, 0) is 0 Å². The zero-order chi connectivity index (χ0) is 20.0. The van der Waals surface area contributed by atoms with E-state index in [9.17, 15) is 13.2 Å². The smallest absolute Gasteiger partial charge is 0.194 e. The Morgan fingerprint density at radius 3 is 2.21 bits per heavy atom. The third-order valence-electron chi connectivity index (χ3n) is 4.74. The van der Waals surface area contributed by atoms with E-state index in [2.05, 4.69) is 10.1 Å². The fourth-order valence-electron chi connectivity index (χ4n) is 3.44. The fraction of sp³-hybridized carbons (Fsp3) is 0.143. The summed E-state index contributed by atoms with van der Waals surface area (Å²) < 4.78 is 42.5. The molecular formula is C21H17F3N4. The van der Waals surface area contributed by atoms with E-state index in [-0.39, 0.29) is 5.56 Å². The molecule has 0 N–H and O–H groups in total. The summed E-state index contributed by atoms with van der Waals surface area (Å²) in [5.74, 6) is -3.35. The molecule has 7 heteroatoms. The minimum atomic E-state index is -1.50. The van der Waals surface area contributed by atoms with Crippen molar-refractivity contribution in [3.63, 3.8) is 0 Å². The highest BCUT2D eigenvalue weighted by atomic mass is 19.2. The number of benzene rings is 2. The van der Waals surface area contributed by atoms with E-state index in [0.717, 1.165) is 28.9 Å². The SMILES string of the molecule is Cc1cccc(C)c1N(C)c1cc(-c2cc(F)c(F)c(F)c2)nc2ccnn12. The summed E-state index contributed by atoms with van der Waals surface area (Å²) in [6, 6.07) is 11.2. The molecule has 2 heterocycles. The lowest BCUT2D eigenvalue weighted by atomic mass is 10.1. The highest BCUT2D eigenvalue weighted by molar-refractivity contribution is 5.73. The summed E-state index contributed by atoms with van der Waals surface area (Å²) in [5.41, 5.74) is 4.11. The van der Waals surface area contributed by atoms with E-state index >= 15 is 0 Å². The standard InChI is InChI=1S/C21H17F3N4/c1-12-5-4-6-13(2)21(12)27(3)19-11-17(26-18-7-8-25-28(18)19)14-9-15(22)20(24)16(23)10-14/h4-11H,1-3H3. The number of anilines is 2. The van der Waals surface area contributed by atoms with Gasteiger partial charge in [-0.1, -0.05) is 18.2 Å². The molecule has 2 aromatic carbocycles. The summed E-state index contributed by atoms with van der Waals surface area (Å²) >= 11 is 0. The van der Waals surface area contributed by atoms with Crippen LogP contribution in [0.15, 0.2) is 48.7 Å². The first-order valence-corrected chi connectivity index (χ1v) is 8.66. The molecule has 142 valence electrons. The largest absolute Gasteiger partial charge is 0.329 e. The van der Waals surface area contributed by atoms with E-state index < -0.39 is 17.5 Å². The van der Waals surface area contributed by atoms with Crippen LogP contribution in [0.4, 0.5) is 24.7 Å². The third kappa shape index (κ3) is 2.89. The third-order valence-corrected chi connectivity index (χ3v) is 4.74. The molecule has 0 saturated heterocycles. The van der Waals surface area contributed by atoms with Gasteiger partial charge in [-0.05, 0) is 37.1 Å². The van der Waals surface area contributed by atoms with Gasteiger partial charge in [-0.2, -0.15) is 9.61 Å². The predicted molar refractivity (Wildman–Crippen MR) is 102 cm³/mol. The van der Waals surface area contributed by atoms with E-state index in [1.54, 1.807) is 22.8 Å². The highest BCUT2D eigenvalue weighted by Gasteiger charge is 2.18. The van der Waals surface area contributed by atoms with E-state index in [0.29, 0.717) is 17.2 Å². The monoisotopic (exact) mass is 382 g/mol. The van der Waals surface area contributed by atoms with Gasteiger partial charge in [-0.3, -0.25) is 0 Å². The lowest BCUT2D eigenvalue weighted by molar-refractivity contribution is 0.447. The van der Waals surface area contributed by atoms with Gasteiger partial charge in [0, 0.05) is 30.4 Å². The Labute approximate surface area is 159 Å². The van der Waals surface area contributed by atoms with Crippen LogP contribution in [0.25, 0.3) is 16.9 Å². The van der Waals surface area contributed by atoms with Gasteiger partial charge in [0.1, 0.15) is 5.82 Å². The van der Waals surface area contributed by atoms with Crippen molar-refractivity contribution in [2.24, 2.45) is 0 Å². The maximum Gasteiger partial charge on any atom is 0.194 e. The number of hydrogen-bond acceptors (Lipinski definition) is 3. The van der Waals surface area contributed by atoms with Gasteiger partial charge in [0.15, 0.2) is 23.1 Å². The van der Waals surface area contributed by atoms with Gasteiger partial charge in [-0.25, -0.2) is 18.2 Å². The second-order valence-electron chi connectivity index (χ2n) is 6.65. The molecule has 4 nitrogen and oxygen atoms in total. The quantitative estimate of drug-likeness (QED) is 0.457. The Morgan fingerprint density at radius 1 is 0.929 bits per heavy atom. The molecule has 0 spiro atoms. The Balaban J connectivity index is 1.94. The normalized spacial score (nSPS) is 11.2. The summed E-state index contributed by atoms with van der Waals surface area (Å²) in [6.07, 6.45) is 1.60. The number of para-hydroxylation sites is 1. The molecule has 2 aromatic heterocycles. The molecule has 0 amide bonds. The van der Waals surface area contributed by atoms with Crippen LogP contribution in [-0.4, -0.2) is 21.6 Å². The maximum atomic E-state index is 13.7. The van der Waals surface area contributed by atoms with Gasteiger partial charge in [0.05, 0.1) is 11.9 Å². The molecule has 0 unspecified atom stereocenters. The first-order valence-electron chi connectivity index (χ1n) is 8.66. The van der Waals surface area contributed by atoms with Crippen molar-refractivity contribution in [2.45, 2.75) is 13.8 Å². The number of fused-ring (bicyclic) bond motifs is 1.